The highest BCUT2D eigenvalue weighted by Gasteiger charge is 2.48. The van der Waals surface area contributed by atoms with Gasteiger partial charge in [-0.15, -0.1) is 0 Å². The molecule has 0 fully saturated rings. The maximum atomic E-state index is 13.8. The number of Topliss-reactive ketones (excluding diaryl/α,β-unsaturated/α-hetero) is 2. The second kappa shape index (κ2) is 11.1. The summed E-state index contributed by atoms with van der Waals surface area (Å²) in [4.78, 5) is 42.3. The van der Waals surface area contributed by atoms with Crippen molar-refractivity contribution in [1.29, 1.82) is 0 Å². The van der Waals surface area contributed by atoms with Gasteiger partial charge < -0.3 is 15.0 Å². The van der Waals surface area contributed by atoms with Crippen LogP contribution in [-0.4, -0.2) is 35.5 Å². The smallest absolute Gasteiger partial charge is 0.262 e. The van der Waals surface area contributed by atoms with Crippen LogP contribution >= 0.6 is 11.6 Å². The lowest BCUT2D eigenvalue weighted by molar-refractivity contribution is -0.120. The summed E-state index contributed by atoms with van der Waals surface area (Å²) < 4.78 is 5.76. The zero-order valence-corrected chi connectivity index (χ0v) is 25.4. The average Bonchev–Trinajstić information content (AvgIpc) is 2.88. The average molecular weight is 575 g/mol. The molecule has 1 heterocycles. The van der Waals surface area contributed by atoms with Crippen molar-refractivity contribution >= 4 is 34.8 Å². The fourth-order valence-corrected chi connectivity index (χ4v) is 6.64. The molecule has 3 aliphatic rings. The Balaban J connectivity index is 1.45. The van der Waals surface area contributed by atoms with E-state index in [-0.39, 0.29) is 40.8 Å². The van der Waals surface area contributed by atoms with E-state index in [4.69, 9.17) is 16.3 Å². The van der Waals surface area contributed by atoms with E-state index in [1.807, 2.05) is 24.3 Å². The van der Waals surface area contributed by atoms with Gasteiger partial charge in [0.2, 0.25) is 0 Å². The molecule has 0 radical (unpaired) electrons. The highest BCUT2D eigenvalue weighted by molar-refractivity contribution is 6.30. The second-order valence-electron chi connectivity index (χ2n) is 13.1. The van der Waals surface area contributed by atoms with Crippen LogP contribution in [0.3, 0.4) is 0 Å². The number of carbonyl (C=O) groups is 3. The van der Waals surface area contributed by atoms with Crippen LogP contribution in [0.15, 0.2) is 71.1 Å². The number of amides is 1. The van der Waals surface area contributed by atoms with Gasteiger partial charge in [0.05, 0.1) is 0 Å². The van der Waals surface area contributed by atoms with Crippen LogP contribution in [-0.2, 0) is 14.4 Å². The summed E-state index contributed by atoms with van der Waals surface area (Å²) in [6, 6.07) is 14.4. The van der Waals surface area contributed by atoms with Crippen LogP contribution in [0.25, 0.3) is 0 Å². The molecule has 2 aromatic rings. The Morgan fingerprint density at radius 1 is 0.878 bits per heavy atom. The van der Waals surface area contributed by atoms with E-state index in [1.165, 1.54) is 0 Å². The van der Waals surface area contributed by atoms with Crippen molar-refractivity contribution in [2.45, 2.75) is 72.6 Å². The summed E-state index contributed by atoms with van der Waals surface area (Å²) >= 11 is 5.91. The normalized spacial score (nSPS) is 20.1. The number of anilines is 1. The Morgan fingerprint density at radius 2 is 1.41 bits per heavy atom. The van der Waals surface area contributed by atoms with Crippen LogP contribution in [0.1, 0.15) is 78.2 Å². The molecule has 0 saturated heterocycles. The standard InChI is InChI=1S/C34H39ClN2O4/c1-6-15-37-25-16-33(2,3)18-27(38)31(25)30(32-26(37)17-34(4,5)19-28(32)39)21-7-13-24(14-8-21)41-20-29(40)36-23-11-9-22(35)10-12-23/h7-14,30H,6,15-20H2,1-5H3,(H,36,40). The molecule has 41 heavy (non-hydrogen) atoms. The first-order valence-corrected chi connectivity index (χ1v) is 14.8. The first-order chi connectivity index (χ1) is 19.4. The van der Waals surface area contributed by atoms with Crippen molar-refractivity contribution in [3.05, 3.63) is 81.7 Å². The molecular weight excluding hydrogens is 536 g/mol. The Kier molecular flexibility index (Phi) is 7.90. The number of benzene rings is 2. The number of ketones is 2. The third-order valence-electron chi connectivity index (χ3n) is 8.18. The molecule has 5 rings (SSSR count). The number of carbonyl (C=O) groups excluding carboxylic acids is 3. The van der Waals surface area contributed by atoms with E-state index < -0.39 is 0 Å². The fraction of sp³-hybridized carbons (Fsp3) is 0.441. The van der Waals surface area contributed by atoms with E-state index in [2.05, 4.69) is 44.8 Å². The van der Waals surface area contributed by atoms with Gasteiger partial charge in [0.25, 0.3) is 5.91 Å². The van der Waals surface area contributed by atoms with Crippen LogP contribution in [0.5, 0.6) is 5.75 Å². The van der Waals surface area contributed by atoms with Crippen molar-refractivity contribution in [3.63, 3.8) is 0 Å². The van der Waals surface area contributed by atoms with E-state index in [1.54, 1.807) is 24.3 Å². The number of rotatable bonds is 7. The third kappa shape index (κ3) is 6.13. The molecule has 0 aromatic heterocycles. The van der Waals surface area contributed by atoms with Crippen molar-refractivity contribution < 1.29 is 19.1 Å². The van der Waals surface area contributed by atoms with Gasteiger partial charge in [-0.25, -0.2) is 0 Å². The SMILES string of the molecule is CCCN1C2=C(C(=O)CC(C)(C)C2)C(c2ccc(OCC(=O)Nc3ccc(Cl)cc3)cc2)C2=C1CC(C)(C)CC2=O. The number of allylic oxidation sites excluding steroid dienone is 4. The Bertz CT molecular complexity index is 1380. The van der Waals surface area contributed by atoms with Gasteiger partial charge in [-0.05, 0) is 72.1 Å². The van der Waals surface area contributed by atoms with Gasteiger partial charge in [-0.3, -0.25) is 14.4 Å². The minimum atomic E-state index is -0.387. The first-order valence-electron chi connectivity index (χ1n) is 14.5. The van der Waals surface area contributed by atoms with Crippen molar-refractivity contribution in [2.75, 3.05) is 18.5 Å². The molecule has 1 aliphatic heterocycles. The molecule has 0 atom stereocenters. The quantitative estimate of drug-likeness (QED) is 0.371. The third-order valence-corrected chi connectivity index (χ3v) is 8.43. The van der Waals surface area contributed by atoms with E-state index in [0.29, 0.717) is 29.3 Å². The Hall–Kier alpha value is -3.38. The van der Waals surface area contributed by atoms with E-state index in [9.17, 15) is 14.4 Å². The number of nitrogens with zero attached hydrogens (tertiary/aromatic N) is 1. The summed E-state index contributed by atoms with van der Waals surface area (Å²) in [5.41, 5.74) is 5.00. The lowest BCUT2D eigenvalue weighted by Gasteiger charge is -2.49. The van der Waals surface area contributed by atoms with Gasteiger partial charge in [-0.1, -0.05) is 58.4 Å². The molecule has 2 aromatic carbocycles. The monoisotopic (exact) mass is 574 g/mol. The summed E-state index contributed by atoms with van der Waals surface area (Å²) in [7, 11) is 0. The topological polar surface area (TPSA) is 75.7 Å². The molecule has 0 unspecified atom stereocenters. The second-order valence-corrected chi connectivity index (χ2v) is 13.5. The van der Waals surface area contributed by atoms with Crippen molar-refractivity contribution in [3.8, 4) is 5.75 Å². The van der Waals surface area contributed by atoms with Crippen LogP contribution in [0, 0.1) is 10.8 Å². The maximum Gasteiger partial charge on any atom is 0.262 e. The number of hydrogen-bond acceptors (Lipinski definition) is 5. The minimum absolute atomic E-state index is 0.130. The molecule has 2 aliphatic carbocycles. The molecule has 0 saturated carbocycles. The molecule has 0 bridgehead atoms. The molecular formula is C34H39ClN2O4. The number of halogens is 1. The molecule has 6 nitrogen and oxygen atoms in total. The lowest BCUT2D eigenvalue weighted by Crippen LogP contribution is -2.44. The molecule has 1 amide bonds. The zero-order chi connectivity index (χ0) is 29.5. The number of ether oxygens (including phenoxy) is 1. The number of hydrogen-bond donors (Lipinski definition) is 1. The van der Waals surface area contributed by atoms with Crippen molar-refractivity contribution in [2.24, 2.45) is 10.8 Å². The predicted octanol–water partition coefficient (Wildman–Crippen LogP) is 7.45. The van der Waals surface area contributed by atoms with E-state index in [0.717, 1.165) is 53.9 Å². The highest BCUT2D eigenvalue weighted by atomic mass is 35.5. The summed E-state index contributed by atoms with van der Waals surface area (Å²) in [5.74, 6) is 0.133. The predicted molar refractivity (Wildman–Crippen MR) is 162 cm³/mol. The Labute approximate surface area is 247 Å². The number of nitrogens with one attached hydrogen (secondary N) is 1. The summed E-state index contributed by atoms with van der Waals surface area (Å²) in [5, 5.41) is 3.38. The largest absolute Gasteiger partial charge is 0.484 e. The van der Waals surface area contributed by atoms with Gasteiger partial charge in [0, 0.05) is 58.6 Å². The van der Waals surface area contributed by atoms with Crippen LogP contribution in [0.4, 0.5) is 5.69 Å². The molecule has 216 valence electrons. The van der Waals surface area contributed by atoms with Gasteiger partial charge in [-0.2, -0.15) is 0 Å². The molecule has 1 N–H and O–H groups in total. The summed E-state index contributed by atoms with van der Waals surface area (Å²) in [6.07, 6.45) is 3.47. The highest BCUT2D eigenvalue weighted by Crippen LogP contribution is 2.54. The maximum absolute atomic E-state index is 13.8. The summed E-state index contributed by atoms with van der Waals surface area (Å²) in [6.45, 7) is 11.4. The van der Waals surface area contributed by atoms with Crippen LogP contribution in [0.2, 0.25) is 5.02 Å². The van der Waals surface area contributed by atoms with Crippen LogP contribution < -0.4 is 10.1 Å². The zero-order valence-electron chi connectivity index (χ0n) is 24.6. The molecule has 0 spiro atoms. The lowest BCUT2D eigenvalue weighted by atomic mass is 9.63. The van der Waals surface area contributed by atoms with Gasteiger partial charge in [0.1, 0.15) is 5.75 Å². The first kappa shape index (κ1) is 29.1. The minimum Gasteiger partial charge on any atom is -0.484 e. The molecule has 7 heteroatoms. The van der Waals surface area contributed by atoms with Gasteiger partial charge >= 0.3 is 0 Å². The van der Waals surface area contributed by atoms with Crippen molar-refractivity contribution in [1.82, 2.24) is 4.90 Å². The van der Waals surface area contributed by atoms with E-state index >= 15 is 0 Å². The Morgan fingerprint density at radius 3 is 1.93 bits per heavy atom. The fourth-order valence-electron chi connectivity index (χ4n) is 6.51. The van der Waals surface area contributed by atoms with Gasteiger partial charge in [0.15, 0.2) is 18.2 Å².